The number of alkyl halides is 1. The summed E-state index contributed by atoms with van der Waals surface area (Å²) >= 11 is 0. The molecule has 23 heavy (non-hydrogen) atoms. The molecule has 0 saturated heterocycles. The highest BCUT2D eigenvalue weighted by atomic mass is 19.1. The molecule has 3 nitrogen and oxygen atoms in total. The summed E-state index contributed by atoms with van der Waals surface area (Å²) in [5, 5.41) is 18.1. The molecular weight excluding hydrogens is 293 g/mol. The molecule has 0 aliphatic rings. The Balaban J connectivity index is 3.33. The van der Waals surface area contributed by atoms with Crippen molar-refractivity contribution in [3.8, 4) is 0 Å². The van der Waals surface area contributed by atoms with Gasteiger partial charge in [-0.25, -0.2) is 4.39 Å². The highest BCUT2D eigenvalue weighted by Crippen LogP contribution is 2.18. The third-order valence-corrected chi connectivity index (χ3v) is 4.63. The van der Waals surface area contributed by atoms with Gasteiger partial charge in [0.2, 0.25) is 0 Å². The molecule has 0 fully saturated rings. The lowest BCUT2D eigenvalue weighted by Gasteiger charge is -2.26. The molecule has 4 heteroatoms. The van der Waals surface area contributed by atoms with E-state index in [2.05, 4.69) is 6.92 Å². The van der Waals surface area contributed by atoms with E-state index in [1.54, 1.807) is 0 Å². The molecule has 0 spiro atoms. The molecule has 0 aromatic rings. The zero-order valence-corrected chi connectivity index (χ0v) is 15.2. The Morgan fingerprint density at radius 2 is 1.17 bits per heavy atom. The summed E-state index contributed by atoms with van der Waals surface area (Å²) in [6, 6.07) is 0. The van der Waals surface area contributed by atoms with E-state index in [1.807, 2.05) is 0 Å². The number of hydrogen-bond donors (Lipinski definition) is 3. The number of rotatable bonds is 17. The lowest BCUT2D eigenvalue weighted by atomic mass is 9.93. The van der Waals surface area contributed by atoms with Crippen LogP contribution in [0.5, 0.6) is 0 Å². The topological polar surface area (TPSA) is 66.5 Å². The monoisotopic (exact) mass is 333 g/mol. The van der Waals surface area contributed by atoms with Crippen molar-refractivity contribution in [1.82, 2.24) is 0 Å². The minimum atomic E-state index is -1.17. The van der Waals surface area contributed by atoms with Crippen molar-refractivity contribution in [1.29, 1.82) is 0 Å². The van der Waals surface area contributed by atoms with Crippen LogP contribution in [0.25, 0.3) is 0 Å². The maximum absolute atomic E-state index is 13.8. The first-order valence-electron chi connectivity index (χ1n) is 9.72. The van der Waals surface area contributed by atoms with E-state index < -0.39 is 11.7 Å². The van der Waals surface area contributed by atoms with Crippen LogP contribution in [-0.2, 0) is 0 Å². The summed E-state index contributed by atoms with van der Waals surface area (Å²) in [5.41, 5.74) is 4.52. The average molecular weight is 334 g/mol. The molecule has 0 aromatic carbocycles. The van der Waals surface area contributed by atoms with Gasteiger partial charge in [0.15, 0.2) is 0 Å². The van der Waals surface area contributed by atoms with E-state index in [0.29, 0.717) is 6.42 Å². The third kappa shape index (κ3) is 13.9. The van der Waals surface area contributed by atoms with Crippen molar-refractivity contribution >= 4 is 0 Å². The SMILES string of the molecule is CCCCCCCCCCCCCCC(F)CC(N)(CO)CO. The van der Waals surface area contributed by atoms with E-state index in [0.717, 1.165) is 12.8 Å². The zero-order valence-electron chi connectivity index (χ0n) is 15.2. The van der Waals surface area contributed by atoms with Gasteiger partial charge in [0.1, 0.15) is 6.17 Å². The van der Waals surface area contributed by atoms with Gasteiger partial charge >= 0.3 is 0 Å². The molecule has 1 unspecified atom stereocenters. The van der Waals surface area contributed by atoms with Crippen LogP contribution in [0.3, 0.4) is 0 Å². The Morgan fingerprint density at radius 1 is 0.783 bits per heavy atom. The summed E-state index contributed by atoms with van der Waals surface area (Å²) in [5.74, 6) is 0. The lowest BCUT2D eigenvalue weighted by Crippen LogP contribution is -2.49. The van der Waals surface area contributed by atoms with Crippen molar-refractivity contribution in [2.45, 2.75) is 109 Å². The number of unbranched alkanes of at least 4 members (excludes halogenated alkanes) is 11. The van der Waals surface area contributed by atoms with Gasteiger partial charge in [0.25, 0.3) is 0 Å². The fraction of sp³-hybridized carbons (Fsp3) is 1.00. The smallest absolute Gasteiger partial charge is 0.102 e. The minimum absolute atomic E-state index is 0.0397. The van der Waals surface area contributed by atoms with Crippen LogP contribution in [0.4, 0.5) is 4.39 Å². The van der Waals surface area contributed by atoms with Crippen LogP contribution < -0.4 is 5.73 Å². The molecular formula is C19H40FNO2. The molecule has 0 aromatic heterocycles. The molecule has 0 rings (SSSR count). The summed E-state index contributed by atoms with van der Waals surface area (Å²) in [6.07, 6.45) is 14.7. The van der Waals surface area contributed by atoms with Gasteiger partial charge in [-0.3, -0.25) is 0 Å². The quantitative estimate of drug-likeness (QED) is 0.344. The molecule has 0 aliphatic heterocycles. The van der Waals surface area contributed by atoms with Crippen LogP contribution in [0, 0.1) is 0 Å². The van der Waals surface area contributed by atoms with Gasteiger partial charge in [0.05, 0.1) is 18.8 Å². The summed E-state index contributed by atoms with van der Waals surface area (Å²) in [6.45, 7) is 1.50. The lowest BCUT2D eigenvalue weighted by molar-refractivity contribution is 0.0886. The summed E-state index contributed by atoms with van der Waals surface area (Å²) in [7, 11) is 0. The van der Waals surface area contributed by atoms with Gasteiger partial charge in [-0.1, -0.05) is 84.0 Å². The largest absolute Gasteiger partial charge is 0.394 e. The standard InChI is InChI=1S/C19H40FNO2/c1-2-3-4-5-6-7-8-9-10-11-12-13-14-18(20)15-19(21,16-22)17-23/h18,22-23H,2-17,21H2,1H3. The van der Waals surface area contributed by atoms with Crippen molar-refractivity contribution in [3.05, 3.63) is 0 Å². The second-order valence-electron chi connectivity index (χ2n) is 7.16. The number of hydrogen-bond acceptors (Lipinski definition) is 3. The maximum atomic E-state index is 13.8. The van der Waals surface area contributed by atoms with E-state index in [9.17, 15) is 4.39 Å². The van der Waals surface area contributed by atoms with E-state index in [1.165, 1.54) is 64.2 Å². The van der Waals surface area contributed by atoms with Crippen molar-refractivity contribution < 1.29 is 14.6 Å². The van der Waals surface area contributed by atoms with E-state index in [4.69, 9.17) is 15.9 Å². The molecule has 0 aliphatic carbocycles. The fourth-order valence-corrected chi connectivity index (χ4v) is 2.93. The molecule has 0 amide bonds. The first kappa shape index (κ1) is 22.8. The first-order valence-corrected chi connectivity index (χ1v) is 9.72. The highest BCUT2D eigenvalue weighted by Gasteiger charge is 2.27. The molecule has 140 valence electrons. The number of aliphatic hydroxyl groups is 2. The van der Waals surface area contributed by atoms with Crippen LogP contribution in [-0.4, -0.2) is 35.1 Å². The van der Waals surface area contributed by atoms with Gasteiger partial charge in [-0.15, -0.1) is 0 Å². The zero-order chi connectivity index (χ0) is 17.4. The number of aliphatic hydroxyl groups excluding tert-OH is 2. The Hall–Kier alpha value is -0.190. The molecule has 0 heterocycles. The van der Waals surface area contributed by atoms with Crippen LogP contribution >= 0.6 is 0 Å². The molecule has 0 bridgehead atoms. The Labute approximate surface area is 142 Å². The maximum Gasteiger partial charge on any atom is 0.102 e. The van der Waals surface area contributed by atoms with Gasteiger partial charge in [-0.2, -0.15) is 0 Å². The molecule has 0 saturated carbocycles. The van der Waals surface area contributed by atoms with Gasteiger partial charge in [-0.05, 0) is 6.42 Å². The molecule has 1 atom stereocenters. The van der Waals surface area contributed by atoms with Crippen molar-refractivity contribution in [2.75, 3.05) is 13.2 Å². The van der Waals surface area contributed by atoms with Crippen LogP contribution in [0.15, 0.2) is 0 Å². The average Bonchev–Trinajstić information content (AvgIpc) is 2.55. The number of halogens is 1. The third-order valence-electron chi connectivity index (χ3n) is 4.63. The second-order valence-corrected chi connectivity index (χ2v) is 7.16. The Morgan fingerprint density at radius 3 is 1.57 bits per heavy atom. The van der Waals surface area contributed by atoms with Gasteiger partial charge in [0, 0.05) is 6.42 Å². The fourth-order valence-electron chi connectivity index (χ4n) is 2.93. The van der Waals surface area contributed by atoms with E-state index in [-0.39, 0.29) is 19.6 Å². The normalized spacial score (nSPS) is 13.4. The van der Waals surface area contributed by atoms with Gasteiger partial charge < -0.3 is 15.9 Å². The van der Waals surface area contributed by atoms with Crippen LogP contribution in [0.1, 0.15) is 96.8 Å². The predicted molar refractivity (Wildman–Crippen MR) is 96.3 cm³/mol. The van der Waals surface area contributed by atoms with Crippen LogP contribution in [0.2, 0.25) is 0 Å². The molecule has 0 radical (unpaired) electrons. The summed E-state index contributed by atoms with van der Waals surface area (Å²) < 4.78 is 13.8. The second kappa shape index (κ2) is 15.3. The Kier molecular flexibility index (Phi) is 15.2. The van der Waals surface area contributed by atoms with E-state index >= 15 is 0 Å². The molecule has 4 N–H and O–H groups in total. The van der Waals surface area contributed by atoms with Crippen molar-refractivity contribution in [2.24, 2.45) is 5.73 Å². The predicted octanol–water partition coefficient (Wildman–Crippen LogP) is 4.49. The van der Waals surface area contributed by atoms with Crippen molar-refractivity contribution in [3.63, 3.8) is 0 Å². The summed E-state index contributed by atoms with van der Waals surface area (Å²) in [4.78, 5) is 0. The Bertz CT molecular complexity index is 248. The highest BCUT2D eigenvalue weighted by molar-refractivity contribution is 4.85. The first-order chi connectivity index (χ1) is 11.1. The minimum Gasteiger partial charge on any atom is -0.394 e. The number of nitrogens with two attached hydrogens (primary N) is 1.